The fraction of sp³-hybridized carbons (Fsp3) is 0.333. The Balaban J connectivity index is 0.000000349. The summed E-state index contributed by atoms with van der Waals surface area (Å²) in [6.07, 6.45) is 0. The zero-order chi connectivity index (χ0) is 18.7. The summed E-state index contributed by atoms with van der Waals surface area (Å²) in [7, 11) is -3.29. The summed E-state index contributed by atoms with van der Waals surface area (Å²) < 4.78 is 52.8. The van der Waals surface area contributed by atoms with E-state index in [0.717, 1.165) is 52.7 Å². The average molecular weight is 403 g/mol. The average Bonchev–Trinajstić information content (AvgIpc) is 3.01. The Kier molecular flexibility index (Phi) is 5.73. The normalized spacial score (nSPS) is 15.0. The number of hydrogen-bond acceptors (Lipinski definition) is 9. The third kappa shape index (κ3) is 4.89. The van der Waals surface area contributed by atoms with E-state index in [0.29, 0.717) is 5.89 Å². The van der Waals surface area contributed by atoms with Crippen LogP contribution >= 0.6 is 11.3 Å². The van der Waals surface area contributed by atoms with Crippen molar-refractivity contribution in [3.05, 3.63) is 29.1 Å². The van der Waals surface area contributed by atoms with Gasteiger partial charge in [-0.05, 0) is 29.5 Å². The quantitative estimate of drug-likeness (QED) is 0.393. The third-order valence-electron chi connectivity index (χ3n) is 3.60. The number of benzene rings is 1. The SMILES string of the molecule is COc1ccc2cc3sc(=[N+]4CCOCC4)nc-3oc2c1.[O-][Cl+3]([O-])([O-])[O-]. The Labute approximate surface area is 154 Å². The van der Waals surface area contributed by atoms with Gasteiger partial charge in [-0.25, -0.2) is 23.2 Å². The Morgan fingerprint density at radius 2 is 1.85 bits per heavy atom. The number of nitrogens with zero attached hydrogens (tertiary/aromatic N) is 2. The molecule has 1 aromatic rings. The van der Waals surface area contributed by atoms with Gasteiger partial charge in [-0.15, -0.1) is 10.2 Å². The molecule has 9 nitrogen and oxygen atoms in total. The van der Waals surface area contributed by atoms with Gasteiger partial charge in [-0.1, -0.05) is 0 Å². The van der Waals surface area contributed by atoms with Gasteiger partial charge in [0, 0.05) is 16.4 Å². The minimum absolute atomic E-state index is 0.683. The van der Waals surface area contributed by atoms with E-state index in [9.17, 15) is 0 Å². The molecule has 0 saturated carbocycles. The molecule has 1 aromatic carbocycles. The zero-order valence-corrected chi connectivity index (χ0v) is 15.2. The van der Waals surface area contributed by atoms with Gasteiger partial charge >= 0.3 is 10.7 Å². The molecule has 0 aromatic heterocycles. The highest BCUT2D eigenvalue weighted by Gasteiger charge is 2.22. The van der Waals surface area contributed by atoms with Crippen LogP contribution in [0.1, 0.15) is 0 Å². The van der Waals surface area contributed by atoms with Crippen LogP contribution in [-0.2, 0) is 4.74 Å². The van der Waals surface area contributed by atoms with Crippen molar-refractivity contribution in [3.63, 3.8) is 0 Å². The number of morpholine rings is 1. The molecule has 0 radical (unpaired) electrons. The smallest absolute Gasteiger partial charge is 0.382 e. The number of ether oxygens (including phenoxy) is 2. The maximum Gasteiger partial charge on any atom is 0.382 e. The van der Waals surface area contributed by atoms with Crippen molar-refractivity contribution in [1.82, 2.24) is 9.56 Å². The van der Waals surface area contributed by atoms with Gasteiger partial charge in [0.2, 0.25) is 0 Å². The fourth-order valence-electron chi connectivity index (χ4n) is 2.46. The number of aromatic nitrogens is 1. The summed E-state index contributed by atoms with van der Waals surface area (Å²) in [4.78, 5) is 6.69. The summed E-state index contributed by atoms with van der Waals surface area (Å²) in [6, 6.07) is 7.95. The summed E-state index contributed by atoms with van der Waals surface area (Å²) in [5.74, 6) is 1.47. The largest absolute Gasteiger partial charge is 0.497 e. The molecule has 4 rings (SSSR count). The van der Waals surface area contributed by atoms with Crippen LogP contribution in [0.2, 0.25) is 0 Å². The van der Waals surface area contributed by atoms with E-state index in [2.05, 4.69) is 15.6 Å². The van der Waals surface area contributed by atoms with E-state index in [1.54, 1.807) is 18.4 Å². The monoisotopic (exact) mass is 402 g/mol. The number of halogens is 1. The highest BCUT2D eigenvalue weighted by molar-refractivity contribution is 7.12. The van der Waals surface area contributed by atoms with Gasteiger partial charge in [0.05, 0.1) is 20.3 Å². The fourth-order valence-corrected chi connectivity index (χ4v) is 3.45. The van der Waals surface area contributed by atoms with Gasteiger partial charge in [-0.3, -0.25) is 0 Å². The molecule has 0 N–H and O–H groups in total. The lowest BCUT2D eigenvalue weighted by molar-refractivity contribution is -2.00. The van der Waals surface area contributed by atoms with Crippen molar-refractivity contribution in [2.75, 3.05) is 33.4 Å². The Morgan fingerprint density at radius 1 is 1.15 bits per heavy atom. The first-order valence-electron chi connectivity index (χ1n) is 7.49. The number of fused-ring (bicyclic) bond motifs is 2. The number of rotatable bonds is 1. The minimum Gasteiger partial charge on any atom is -0.497 e. The van der Waals surface area contributed by atoms with Crippen molar-refractivity contribution in [2.24, 2.45) is 0 Å². The Bertz CT molecular complexity index is 920. The summed E-state index contributed by atoms with van der Waals surface area (Å²) in [5, 5.41) is 1.06. The lowest BCUT2D eigenvalue weighted by Crippen LogP contribution is -2.68. The zero-order valence-electron chi connectivity index (χ0n) is 13.7. The highest BCUT2D eigenvalue weighted by atomic mass is 35.7. The first-order valence-corrected chi connectivity index (χ1v) is 9.54. The molecule has 3 aliphatic rings. The summed E-state index contributed by atoms with van der Waals surface area (Å²) in [5.41, 5.74) is 0.792. The molecule has 3 heterocycles. The first kappa shape index (κ1) is 19.0. The van der Waals surface area contributed by atoms with Crippen molar-refractivity contribution in [3.8, 4) is 16.5 Å². The second-order valence-electron chi connectivity index (χ2n) is 5.29. The molecule has 0 aliphatic carbocycles. The predicted octanol–water partition coefficient (Wildman–Crippen LogP) is -2.95. The number of hydrogen-bond donors (Lipinski definition) is 0. The van der Waals surface area contributed by atoms with Crippen LogP contribution in [0.4, 0.5) is 0 Å². The molecule has 1 saturated heterocycles. The first-order chi connectivity index (χ1) is 12.3. The second kappa shape index (κ2) is 7.84. The van der Waals surface area contributed by atoms with Crippen LogP contribution < -0.4 is 32.7 Å². The standard InChI is InChI=1S/C15H15N2O3S.ClHO4/c1-18-11-3-2-10-8-13-14(20-12(10)9-11)16-15(21-13)17-4-6-19-7-5-17;2-1(3,4)5/h2-3,8-9H,4-7H2,1H3;(H,2,3,4,5)/q+1;/p-1. The van der Waals surface area contributed by atoms with Crippen LogP contribution in [-0.4, -0.2) is 38.4 Å². The van der Waals surface area contributed by atoms with E-state index in [-0.39, 0.29) is 0 Å². The molecule has 26 heavy (non-hydrogen) atoms. The van der Waals surface area contributed by atoms with Crippen LogP contribution in [0.15, 0.2) is 28.7 Å². The molecule has 0 atom stereocenters. The van der Waals surface area contributed by atoms with Crippen LogP contribution in [0.3, 0.4) is 0 Å². The molecule has 0 unspecified atom stereocenters. The van der Waals surface area contributed by atoms with E-state index in [1.807, 2.05) is 18.2 Å². The van der Waals surface area contributed by atoms with Crippen molar-refractivity contribution >= 4 is 22.3 Å². The number of thiazole rings is 1. The maximum atomic E-state index is 8.49. The predicted molar refractivity (Wildman–Crippen MR) is 80.9 cm³/mol. The van der Waals surface area contributed by atoms with Gasteiger partial charge < -0.3 is 13.9 Å². The van der Waals surface area contributed by atoms with Crippen LogP contribution in [0.25, 0.3) is 21.7 Å². The van der Waals surface area contributed by atoms with Crippen molar-refractivity contribution in [2.45, 2.75) is 0 Å². The molecular weight excluding hydrogens is 388 g/mol. The van der Waals surface area contributed by atoms with E-state index in [1.165, 1.54) is 0 Å². The van der Waals surface area contributed by atoms with E-state index in [4.69, 9.17) is 32.5 Å². The topological polar surface area (TPSA) is 140 Å². The second-order valence-corrected chi connectivity index (χ2v) is 7.06. The Morgan fingerprint density at radius 3 is 2.50 bits per heavy atom. The van der Waals surface area contributed by atoms with Crippen molar-refractivity contribution in [1.29, 1.82) is 0 Å². The molecular formula is C15H15ClN2O7S. The number of methoxy groups -OCH3 is 1. The molecule has 0 spiro atoms. The Hall–Kier alpha value is -1.79. The maximum absolute atomic E-state index is 8.49. The molecule has 0 amide bonds. The molecule has 3 aliphatic heterocycles. The lowest BCUT2D eigenvalue weighted by Gasteiger charge is -2.17. The van der Waals surface area contributed by atoms with E-state index < -0.39 is 10.2 Å². The van der Waals surface area contributed by atoms with Crippen molar-refractivity contribution < 1.29 is 42.8 Å². The van der Waals surface area contributed by atoms with Gasteiger partial charge in [0.1, 0.15) is 29.3 Å². The van der Waals surface area contributed by atoms with E-state index >= 15 is 0 Å². The third-order valence-corrected chi connectivity index (χ3v) is 4.65. The van der Waals surface area contributed by atoms with Gasteiger partial charge in [-0.2, -0.15) is 0 Å². The summed E-state index contributed by atoms with van der Waals surface area (Å²) >= 11 is 1.66. The van der Waals surface area contributed by atoms with Crippen LogP contribution in [0, 0.1) is 10.2 Å². The molecule has 0 bridgehead atoms. The summed E-state index contributed by atoms with van der Waals surface area (Å²) in [6.45, 7) is 3.28. The van der Waals surface area contributed by atoms with Crippen LogP contribution in [0.5, 0.6) is 5.75 Å². The van der Waals surface area contributed by atoms with Gasteiger partial charge in [0.25, 0.3) is 0 Å². The lowest BCUT2D eigenvalue weighted by atomic mass is 10.2. The van der Waals surface area contributed by atoms with Gasteiger partial charge in [0.15, 0.2) is 0 Å². The highest BCUT2D eigenvalue weighted by Crippen LogP contribution is 2.30. The molecule has 140 valence electrons. The minimum atomic E-state index is -4.94. The molecule has 1 fully saturated rings. The molecule has 11 heteroatoms.